The molecule has 1 aromatic rings. The molecule has 1 amide bonds. The molecule has 0 aliphatic rings. The molecule has 0 spiro atoms. The molecule has 2 N–H and O–H groups in total. The number of thiazole rings is 1. The van der Waals surface area contributed by atoms with Crippen LogP contribution in [0.25, 0.3) is 0 Å². The number of nitrogens with zero attached hydrogens (tertiary/aromatic N) is 1. The molecule has 0 bridgehead atoms. The summed E-state index contributed by atoms with van der Waals surface area (Å²) in [6.45, 7) is 5.39. The fourth-order valence-corrected chi connectivity index (χ4v) is 1.66. The van der Waals surface area contributed by atoms with Crippen molar-refractivity contribution in [2.45, 2.75) is 32.8 Å². The predicted molar refractivity (Wildman–Crippen MR) is 68.6 cm³/mol. The summed E-state index contributed by atoms with van der Waals surface area (Å²) in [6.07, 6.45) is -0.0587. The first-order valence-electron chi connectivity index (χ1n) is 5.48. The van der Waals surface area contributed by atoms with Crippen LogP contribution in [0, 0.1) is 0 Å². The fourth-order valence-electron chi connectivity index (χ4n) is 0.981. The molecule has 0 aliphatic carbocycles. The van der Waals surface area contributed by atoms with Crippen molar-refractivity contribution in [1.82, 2.24) is 4.98 Å². The van der Waals surface area contributed by atoms with Gasteiger partial charge in [0, 0.05) is 5.38 Å². The lowest BCUT2D eigenvalue weighted by molar-refractivity contribution is -0.131. The first kappa shape index (κ1) is 15.1. The molecule has 1 aromatic heterocycles. The number of hydrogen-bond donors (Lipinski definition) is 2. The van der Waals surface area contributed by atoms with Crippen LogP contribution >= 0.6 is 11.3 Å². The standard InChI is InChI=1S/C11H14N2O5S/c1-4-11(2,3)18-10(17)13-9-12-6(5-19-9)7(14)8(15)16/h5H,4H2,1-3H3,(H,15,16)(H,12,13,17). The molecule has 0 aliphatic heterocycles. The van der Waals surface area contributed by atoms with Crippen molar-refractivity contribution in [2.75, 3.05) is 5.32 Å². The summed E-state index contributed by atoms with van der Waals surface area (Å²) < 4.78 is 5.12. The normalized spacial score (nSPS) is 10.9. The van der Waals surface area contributed by atoms with Crippen molar-refractivity contribution in [2.24, 2.45) is 0 Å². The Morgan fingerprint density at radius 1 is 1.47 bits per heavy atom. The summed E-state index contributed by atoms with van der Waals surface area (Å²) in [5.41, 5.74) is -0.830. The number of carbonyl (C=O) groups is 3. The number of carbonyl (C=O) groups excluding carboxylic acids is 2. The summed E-state index contributed by atoms with van der Waals surface area (Å²) in [6, 6.07) is 0. The fraction of sp³-hybridized carbons (Fsp3) is 0.455. The maximum Gasteiger partial charge on any atom is 0.413 e. The Morgan fingerprint density at radius 2 is 2.11 bits per heavy atom. The number of ether oxygens (including phenoxy) is 1. The summed E-state index contributed by atoms with van der Waals surface area (Å²) in [5, 5.41) is 12.2. The van der Waals surface area contributed by atoms with Gasteiger partial charge in [0.25, 0.3) is 5.78 Å². The van der Waals surface area contributed by atoms with Gasteiger partial charge in [-0.1, -0.05) is 6.92 Å². The molecule has 0 atom stereocenters. The van der Waals surface area contributed by atoms with Gasteiger partial charge in [-0.3, -0.25) is 10.1 Å². The third-order valence-electron chi connectivity index (χ3n) is 2.36. The third kappa shape index (κ3) is 4.32. The van der Waals surface area contributed by atoms with Crippen LogP contribution in [-0.4, -0.2) is 33.5 Å². The van der Waals surface area contributed by atoms with Gasteiger partial charge in [-0.2, -0.15) is 0 Å². The van der Waals surface area contributed by atoms with Gasteiger partial charge in [0.2, 0.25) is 0 Å². The number of carboxylic acid groups (broad SMARTS) is 1. The number of Topliss-reactive ketones (excluding diaryl/α,β-unsaturated/α-hetero) is 1. The minimum absolute atomic E-state index is 0.113. The quantitative estimate of drug-likeness (QED) is 0.634. The molecule has 0 saturated carbocycles. The summed E-state index contributed by atoms with van der Waals surface area (Å²) in [7, 11) is 0. The predicted octanol–water partition coefficient (Wildman–Crippen LogP) is 2.15. The van der Waals surface area contributed by atoms with Gasteiger partial charge in [0.15, 0.2) is 5.13 Å². The molecule has 1 heterocycles. The number of amides is 1. The second-order valence-corrected chi connectivity index (χ2v) is 5.16. The van der Waals surface area contributed by atoms with Crippen molar-refractivity contribution in [3.8, 4) is 0 Å². The number of ketones is 1. The molecule has 7 nitrogen and oxygen atoms in total. The molecule has 0 fully saturated rings. The number of aromatic nitrogens is 1. The lowest BCUT2D eigenvalue weighted by Gasteiger charge is -2.22. The van der Waals surface area contributed by atoms with Crippen LogP contribution in [0.5, 0.6) is 0 Å². The van der Waals surface area contributed by atoms with Gasteiger partial charge < -0.3 is 9.84 Å². The van der Waals surface area contributed by atoms with Crippen molar-refractivity contribution in [1.29, 1.82) is 0 Å². The molecular weight excluding hydrogens is 272 g/mol. The highest BCUT2D eigenvalue weighted by atomic mass is 32.1. The number of nitrogens with one attached hydrogen (secondary N) is 1. The van der Waals surface area contributed by atoms with E-state index in [4.69, 9.17) is 9.84 Å². The van der Waals surface area contributed by atoms with Crippen LogP contribution in [0.2, 0.25) is 0 Å². The summed E-state index contributed by atoms with van der Waals surface area (Å²) in [4.78, 5) is 36.8. The highest BCUT2D eigenvalue weighted by molar-refractivity contribution is 7.14. The Labute approximate surface area is 113 Å². The molecule has 0 unspecified atom stereocenters. The molecule has 8 heteroatoms. The Bertz CT molecular complexity index is 509. The van der Waals surface area contributed by atoms with Crippen molar-refractivity contribution >= 4 is 34.3 Å². The lowest BCUT2D eigenvalue weighted by atomic mass is 10.1. The Morgan fingerprint density at radius 3 is 2.63 bits per heavy atom. The van der Waals surface area contributed by atoms with Gasteiger partial charge in [-0.15, -0.1) is 11.3 Å². The van der Waals surface area contributed by atoms with Gasteiger partial charge >= 0.3 is 12.1 Å². The number of carboxylic acids is 1. The molecule has 0 saturated heterocycles. The zero-order valence-corrected chi connectivity index (χ0v) is 11.5. The molecule has 0 aromatic carbocycles. The number of aliphatic carboxylic acids is 1. The van der Waals surface area contributed by atoms with Crippen LogP contribution in [0.4, 0.5) is 9.93 Å². The largest absolute Gasteiger partial charge is 0.475 e. The molecular formula is C11H14N2O5S. The second-order valence-electron chi connectivity index (χ2n) is 4.30. The second kappa shape index (κ2) is 5.79. The van der Waals surface area contributed by atoms with Crippen molar-refractivity contribution < 1.29 is 24.2 Å². The van der Waals surface area contributed by atoms with E-state index in [1.807, 2.05) is 6.92 Å². The lowest BCUT2D eigenvalue weighted by Crippen LogP contribution is -2.29. The SMILES string of the molecule is CCC(C)(C)OC(=O)Nc1nc(C(=O)C(=O)O)cs1. The van der Waals surface area contributed by atoms with Gasteiger partial charge in [-0.25, -0.2) is 14.6 Å². The number of rotatable bonds is 5. The van der Waals surface area contributed by atoms with E-state index < -0.39 is 23.4 Å². The van der Waals surface area contributed by atoms with Gasteiger partial charge in [-0.05, 0) is 20.3 Å². The average Bonchev–Trinajstić information content (AvgIpc) is 2.75. The number of anilines is 1. The summed E-state index contributed by atoms with van der Waals surface area (Å²) in [5.74, 6) is -2.71. The van der Waals surface area contributed by atoms with E-state index in [0.29, 0.717) is 6.42 Å². The van der Waals surface area contributed by atoms with E-state index in [1.54, 1.807) is 13.8 Å². The molecule has 19 heavy (non-hydrogen) atoms. The summed E-state index contributed by atoms with van der Waals surface area (Å²) >= 11 is 0.950. The minimum Gasteiger partial charge on any atom is -0.475 e. The third-order valence-corrected chi connectivity index (χ3v) is 3.12. The van der Waals surface area contributed by atoms with E-state index in [-0.39, 0.29) is 10.8 Å². The van der Waals surface area contributed by atoms with E-state index in [0.717, 1.165) is 11.3 Å². The van der Waals surface area contributed by atoms with Crippen molar-refractivity contribution in [3.05, 3.63) is 11.1 Å². The smallest absolute Gasteiger partial charge is 0.413 e. The maximum atomic E-state index is 11.5. The van der Waals surface area contributed by atoms with Crippen LogP contribution in [0.1, 0.15) is 37.7 Å². The topological polar surface area (TPSA) is 106 Å². The average molecular weight is 286 g/mol. The first-order valence-corrected chi connectivity index (χ1v) is 6.36. The van der Waals surface area contributed by atoms with Gasteiger partial charge in [0.05, 0.1) is 0 Å². The van der Waals surface area contributed by atoms with E-state index in [2.05, 4.69) is 10.3 Å². The van der Waals surface area contributed by atoms with E-state index >= 15 is 0 Å². The molecule has 1 rings (SSSR count). The van der Waals surface area contributed by atoms with Crippen LogP contribution < -0.4 is 5.32 Å². The van der Waals surface area contributed by atoms with E-state index in [9.17, 15) is 14.4 Å². The van der Waals surface area contributed by atoms with Crippen LogP contribution in [-0.2, 0) is 9.53 Å². The highest BCUT2D eigenvalue weighted by Gasteiger charge is 2.22. The minimum atomic E-state index is -1.59. The van der Waals surface area contributed by atoms with Crippen LogP contribution in [0.3, 0.4) is 0 Å². The zero-order chi connectivity index (χ0) is 14.6. The molecule has 0 radical (unpaired) electrons. The number of hydrogen-bond acceptors (Lipinski definition) is 6. The van der Waals surface area contributed by atoms with Gasteiger partial charge in [0.1, 0.15) is 11.3 Å². The van der Waals surface area contributed by atoms with Crippen molar-refractivity contribution in [3.63, 3.8) is 0 Å². The Balaban J connectivity index is 2.67. The Hall–Kier alpha value is -1.96. The maximum absolute atomic E-state index is 11.5. The Kier molecular flexibility index (Phi) is 4.60. The highest BCUT2D eigenvalue weighted by Crippen LogP contribution is 2.18. The zero-order valence-electron chi connectivity index (χ0n) is 10.7. The molecule has 104 valence electrons. The monoisotopic (exact) mass is 286 g/mol. The first-order chi connectivity index (χ1) is 8.75. The van der Waals surface area contributed by atoms with E-state index in [1.165, 1.54) is 5.38 Å². The van der Waals surface area contributed by atoms with Crippen LogP contribution in [0.15, 0.2) is 5.38 Å².